The van der Waals surface area contributed by atoms with Crippen LogP contribution in [0.5, 0.6) is 5.75 Å². The Hall–Kier alpha value is -3.80. The molecule has 6 nitrogen and oxygen atoms in total. The molecule has 0 bridgehead atoms. The molecule has 1 fully saturated rings. The van der Waals surface area contributed by atoms with E-state index in [0.29, 0.717) is 37.5 Å². The number of nitrogens with zero attached hydrogens (tertiary/aromatic N) is 2. The Labute approximate surface area is 194 Å². The van der Waals surface area contributed by atoms with Gasteiger partial charge in [-0.05, 0) is 35.7 Å². The summed E-state index contributed by atoms with van der Waals surface area (Å²) in [6.45, 7) is 3.95. The van der Waals surface area contributed by atoms with Crippen LogP contribution in [0, 0.1) is 0 Å². The second kappa shape index (κ2) is 10.2. The number of benzene rings is 3. The minimum absolute atomic E-state index is 0.0700. The van der Waals surface area contributed by atoms with Crippen molar-refractivity contribution in [1.29, 1.82) is 0 Å². The van der Waals surface area contributed by atoms with Crippen molar-refractivity contribution in [3.63, 3.8) is 0 Å². The van der Waals surface area contributed by atoms with Crippen molar-refractivity contribution >= 4 is 11.9 Å². The predicted octanol–water partition coefficient (Wildman–Crippen LogP) is 4.59. The number of piperazine rings is 1. The summed E-state index contributed by atoms with van der Waals surface area (Å²) in [5.74, 6) is 0.495. The highest BCUT2D eigenvalue weighted by atomic mass is 16.5. The number of hydrogen-bond donors (Lipinski definition) is 1. The molecule has 0 spiro atoms. The lowest BCUT2D eigenvalue weighted by Gasteiger charge is -2.35. The van der Waals surface area contributed by atoms with Gasteiger partial charge in [0.1, 0.15) is 5.75 Å². The van der Waals surface area contributed by atoms with Crippen LogP contribution in [-0.4, -0.2) is 55.0 Å². The number of carbonyl (C=O) groups is 2. The molecule has 1 aliphatic heterocycles. The van der Waals surface area contributed by atoms with Gasteiger partial charge in [-0.2, -0.15) is 0 Å². The second-order valence-corrected chi connectivity index (χ2v) is 8.14. The van der Waals surface area contributed by atoms with Gasteiger partial charge in [-0.1, -0.05) is 66.7 Å². The lowest BCUT2D eigenvalue weighted by atomic mass is 10.0. The maximum Gasteiger partial charge on any atom is 0.317 e. The Morgan fingerprint density at radius 3 is 2.03 bits per heavy atom. The predicted molar refractivity (Wildman–Crippen MR) is 129 cm³/mol. The first kappa shape index (κ1) is 22.4. The molecule has 33 heavy (non-hydrogen) atoms. The van der Waals surface area contributed by atoms with Crippen LogP contribution in [0.3, 0.4) is 0 Å². The largest absolute Gasteiger partial charge is 0.496 e. The summed E-state index contributed by atoms with van der Waals surface area (Å²) < 4.78 is 5.31. The molecule has 170 valence electrons. The maximum absolute atomic E-state index is 12.9. The highest BCUT2D eigenvalue weighted by molar-refractivity contribution is 5.97. The van der Waals surface area contributed by atoms with Gasteiger partial charge in [0.05, 0.1) is 18.7 Å². The third kappa shape index (κ3) is 5.17. The zero-order valence-corrected chi connectivity index (χ0v) is 19.0. The fourth-order valence-corrected chi connectivity index (χ4v) is 4.06. The topological polar surface area (TPSA) is 61.9 Å². The Bertz CT molecular complexity index is 1090. The molecule has 1 aliphatic rings. The van der Waals surface area contributed by atoms with E-state index in [2.05, 4.69) is 41.7 Å². The Morgan fingerprint density at radius 1 is 0.788 bits per heavy atom. The summed E-state index contributed by atoms with van der Waals surface area (Å²) in [5, 5.41) is 3.08. The molecule has 0 aromatic heterocycles. The highest BCUT2D eigenvalue weighted by Crippen LogP contribution is 2.23. The van der Waals surface area contributed by atoms with Gasteiger partial charge in [-0.3, -0.25) is 4.79 Å². The van der Waals surface area contributed by atoms with Crippen molar-refractivity contribution in [1.82, 2.24) is 15.1 Å². The number of para-hydroxylation sites is 1. The molecule has 1 atom stereocenters. The van der Waals surface area contributed by atoms with Gasteiger partial charge in [0.15, 0.2) is 0 Å². The van der Waals surface area contributed by atoms with Gasteiger partial charge >= 0.3 is 6.03 Å². The molecule has 3 aromatic rings. The summed E-state index contributed by atoms with van der Waals surface area (Å²) in [7, 11) is 1.56. The van der Waals surface area contributed by atoms with Crippen LogP contribution in [0.25, 0.3) is 11.1 Å². The lowest BCUT2D eigenvalue weighted by molar-refractivity contribution is 0.0660. The molecular weight excluding hydrogens is 414 g/mol. The van der Waals surface area contributed by atoms with E-state index in [4.69, 9.17) is 4.74 Å². The van der Waals surface area contributed by atoms with E-state index in [1.54, 1.807) is 29.0 Å². The fraction of sp³-hybridized carbons (Fsp3) is 0.259. The van der Waals surface area contributed by atoms with Crippen LogP contribution in [-0.2, 0) is 0 Å². The monoisotopic (exact) mass is 443 g/mol. The van der Waals surface area contributed by atoms with Gasteiger partial charge in [-0.25, -0.2) is 4.79 Å². The average Bonchev–Trinajstić information content (AvgIpc) is 2.89. The van der Waals surface area contributed by atoms with E-state index in [9.17, 15) is 9.59 Å². The summed E-state index contributed by atoms with van der Waals surface area (Å²) in [4.78, 5) is 29.2. The van der Waals surface area contributed by atoms with Crippen LogP contribution >= 0.6 is 0 Å². The third-order valence-corrected chi connectivity index (χ3v) is 6.05. The minimum atomic E-state index is -0.115. The highest BCUT2D eigenvalue weighted by Gasteiger charge is 2.27. The van der Waals surface area contributed by atoms with Crippen molar-refractivity contribution in [3.8, 4) is 16.9 Å². The number of hydrogen-bond acceptors (Lipinski definition) is 3. The first-order valence-electron chi connectivity index (χ1n) is 11.2. The third-order valence-electron chi connectivity index (χ3n) is 6.05. The molecule has 4 rings (SSSR count). The lowest BCUT2D eigenvalue weighted by Crippen LogP contribution is -2.53. The quantitative estimate of drug-likeness (QED) is 0.627. The molecule has 1 unspecified atom stereocenters. The number of methoxy groups -OCH3 is 1. The van der Waals surface area contributed by atoms with Crippen molar-refractivity contribution in [2.45, 2.75) is 13.0 Å². The molecule has 6 heteroatoms. The zero-order chi connectivity index (χ0) is 23.2. The van der Waals surface area contributed by atoms with E-state index < -0.39 is 0 Å². The number of carbonyl (C=O) groups excluding carboxylic acids is 2. The van der Waals surface area contributed by atoms with Gasteiger partial charge in [0.25, 0.3) is 5.91 Å². The maximum atomic E-state index is 12.9. The summed E-state index contributed by atoms with van der Waals surface area (Å²) >= 11 is 0. The van der Waals surface area contributed by atoms with E-state index in [-0.39, 0.29) is 18.0 Å². The smallest absolute Gasteiger partial charge is 0.317 e. The van der Waals surface area contributed by atoms with Crippen LogP contribution in [0.15, 0.2) is 78.9 Å². The van der Waals surface area contributed by atoms with E-state index >= 15 is 0 Å². The summed E-state index contributed by atoms with van der Waals surface area (Å²) in [6, 6.07) is 25.5. The molecular formula is C27H29N3O3. The van der Waals surface area contributed by atoms with Crippen LogP contribution in [0.1, 0.15) is 28.9 Å². The number of ether oxygens (including phenoxy) is 1. The zero-order valence-electron chi connectivity index (χ0n) is 19.0. The fourth-order valence-electron chi connectivity index (χ4n) is 4.06. The number of urea groups is 1. The SMILES string of the molecule is COc1ccccc1C(=O)N1CCN(C(=O)NC(C)c2ccc(-c3ccccc3)cc2)CC1. The van der Waals surface area contributed by atoms with Crippen LogP contribution < -0.4 is 10.1 Å². The van der Waals surface area contributed by atoms with Crippen LogP contribution in [0.2, 0.25) is 0 Å². The molecule has 1 saturated heterocycles. The van der Waals surface area contributed by atoms with Crippen molar-refractivity contribution < 1.29 is 14.3 Å². The van der Waals surface area contributed by atoms with Gasteiger partial charge in [-0.15, -0.1) is 0 Å². The summed E-state index contributed by atoms with van der Waals surface area (Å²) in [6.07, 6.45) is 0. The Balaban J connectivity index is 1.31. The number of nitrogens with one attached hydrogen (secondary N) is 1. The molecule has 3 aromatic carbocycles. The minimum Gasteiger partial charge on any atom is -0.496 e. The normalized spacial score (nSPS) is 14.5. The average molecular weight is 444 g/mol. The van der Waals surface area contributed by atoms with Gasteiger partial charge in [0, 0.05) is 26.2 Å². The molecule has 3 amide bonds. The Morgan fingerprint density at radius 2 is 1.36 bits per heavy atom. The first-order valence-corrected chi connectivity index (χ1v) is 11.2. The standard InChI is InChI=1S/C27H29N3O3/c1-20(21-12-14-23(15-13-21)22-8-4-3-5-9-22)28-27(32)30-18-16-29(17-19-30)26(31)24-10-6-7-11-25(24)33-2/h3-15,20H,16-19H2,1-2H3,(H,28,32). The second-order valence-electron chi connectivity index (χ2n) is 8.14. The van der Waals surface area contributed by atoms with Gasteiger partial charge in [0.2, 0.25) is 0 Å². The van der Waals surface area contributed by atoms with Crippen molar-refractivity contribution in [3.05, 3.63) is 90.0 Å². The van der Waals surface area contributed by atoms with E-state index in [1.165, 1.54) is 5.56 Å². The van der Waals surface area contributed by atoms with Crippen LogP contribution in [0.4, 0.5) is 4.79 Å². The number of rotatable bonds is 5. The van der Waals surface area contributed by atoms with Gasteiger partial charge < -0.3 is 19.9 Å². The summed E-state index contributed by atoms with van der Waals surface area (Å²) in [5.41, 5.74) is 3.91. The molecule has 0 radical (unpaired) electrons. The van der Waals surface area contributed by atoms with E-state index in [1.807, 2.05) is 37.3 Å². The molecule has 1 heterocycles. The number of amides is 3. The van der Waals surface area contributed by atoms with E-state index in [0.717, 1.165) is 11.1 Å². The molecule has 0 aliphatic carbocycles. The molecule has 0 saturated carbocycles. The van der Waals surface area contributed by atoms with Crippen molar-refractivity contribution in [2.24, 2.45) is 0 Å². The first-order chi connectivity index (χ1) is 16.1. The Kier molecular flexibility index (Phi) is 6.93. The molecule has 1 N–H and O–H groups in total. The van der Waals surface area contributed by atoms with Crippen molar-refractivity contribution in [2.75, 3.05) is 33.3 Å².